The molecule has 0 bridgehead atoms. The summed E-state index contributed by atoms with van der Waals surface area (Å²) in [5, 5.41) is 7.48. The van der Waals surface area contributed by atoms with Crippen LogP contribution in [0.15, 0.2) is 12.4 Å². The normalized spacial score (nSPS) is 12.4. The summed E-state index contributed by atoms with van der Waals surface area (Å²) >= 11 is 0. The number of hydrogen-bond donors (Lipinski definition) is 1. The SMILES string of the molecule is CCOC(=O)CCNC(C)c1cnn(CC)c1. The Morgan fingerprint density at radius 2 is 2.35 bits per heavy atom. The molecule has 0 aliphatic rings. The zero-order valence-corrected chi connectivity index (χ0v) is 10.8. The number of hydrogen-bond acceptors (Lipinski definition) is 4. The van der Waals surface area contributed by atoms with Crippen LogP contribution < -0.4 is 5.32 Å². The van der Waals surface area contributed by atoms with Gasteiger partial charge in [0.05, 0.1) is 19.2 Å². The quantitative estimate of drug-likeness (QED) is 0.733. The van der Waals surface area contributed by atoms with E-state index < -0.39 is 0 Å². The van der Waals surface area contributed by atoms with E-state index in [-0.39, 0.29) is 12.0 Å². The Labute approximate surface area is 102 Å². The first-order valence-corrected chi connectivity index (χ1v) is 6.08. The summed E-state index contributed by atoms with van der Waals surface area (Å²) in [4.78, 5) is 11.1. The number of aromatic nitrogens is 2. The second-order valence-corrected chi connectivity index (χ2v) is 3.86. The summed E-state index contributed by atoms with van der Waals surface area (Å²) in [6.45, 7) is 7.86. The Kier molecular flexibility index (Phi) is 5.69. The van der Waals surface area contributed by atoms with E-state index in [9.17, 15) is 4.79 Å². The highest BCUT2D eigenvalue weighted by Gasteiger charge is 2.08. The van der Waals surface area contributed by atoms with E-state index >= 15 is 0 Å². The predicted molar refractivity (Wildman–Crippen MR) is 65.6 cm³/mol. The molecule has 0 amide bonds. The molecule has 0 aliphatic heterocycles. The van der Waals surface area contributed by atoms with Gasteiger partial charge in [0, 0.05) is 30.9 Å². The molecule has 1 heterocycles. The molecule has 0 saturated heterocycles. The molecule has 96 valence electrons. The fraction of sp³-hybridized carbons (Fsp3) is 0.667. The molecule has 1 unspecified atom stereocenters. The lowest BCUT2D eigenvalue weighted by atomic mass is 10.2. The van der Waals surface area contributed by atoms with Gasteiger partial charge in [0.2, 0.25) is 0 Å². The third kappa shape index (κ3) is 4.56. The first-order valence-electron chi connectivity index (χ1n) is 6.08. The number of nitrogens with zero attached hydrogens (tertiary/aromatic N) is 2. The van der Waals surface area contributed by atoms with Crippen LogP contribution in [0.3, 0.4) is 0 Å². The van der Waals surface area contributed by atoms with Crippen molar-refractivity contribution in [3.63, 3.8) is 0 Å². The first kappa shape index (κ1) is 13.7. The average Bonchev–Trinajstić information content (AvgIpc) is 2.77. The lowest BCUT2D eigenvalue weighted by Crippen LogP contribution is -2.22. The third-order valence-electron chi connectivity index (χ3n) is 2.56. The minimum absolute atomic E-state index is 0.156. The van der Waals surface area contributed by atoms with Crippen LogP contribution in [0.1, 0.15) is 38.8 Å². The van der Waals surface area contributed by atoms with E-state index in [1.165, 1.54) is 0 Å². The van der Waals surface area contributed by atoms with Crippen molar-refractivity contribution in [2.75, 3.05) is 13.2 Å². The van der Waals surface area contributed by atoms with E-state index in [4.69, 9.17) is 4.74 Å². The largest absolute Gasteiger partial charge is 0.466 e. The van der Waals surface area contributed by atoms with Gasteiger partial charge < -0.3 is 10.1 Å². The van der Waals surface area contributed by atoms with Crippen LogP contribution in [0.4, 0.5) is 0 Å². The van der Waals surface area contributed by atoms with Crippen LogP contribution in [0.2, 0.25) is 0 Å². The topological polar surface area (TPSA) is 56.1 Å². The summed E-state index contributed by atoms with van der Waals surface area (Å²) in [6.07, 6.45) is 4.27. The van der Waals surface area contributed by atoms with Crippen LogP contribution >= 0.6 is 0 Å². The van der Waals surface area contributed by atoms with Crippen LogP contribution in [-0.4, -0.2) is 28.9 Å². The molecule has 1 N–H and O–H groups in total. The smallest absolute Gasteiger partial charge is 0.307 e. The number of carbonyl (C=O) groups is 1. The van der Waals surface area contributed by atoms with Gasteiger partial charge in [-0.05, 0) is 20.8 Å². The molecular formula is C12H21N3O2. The number of aryl methyl sites for hydroxylation is 1. The molecule has 0 saturated carbocycles. The fourth-order valence-corrected chi connectivity index (χ4v) is 1.52. The molecule has 5 heteroatoms. The van der Waals surface area contributed by atoms with Crippen LogP contribution in [-0.2, 0) is 16.1 Å². The van der Waals surface area contributed by atoms with Gasteiger partial charge in [0.15, 0.2) is 0 Å². The first-order chi connectivity index (χ1) is 8.17. The molecule has 0 radical (unpaired) electrons. The zero-order valence-electron chi connectivity index (χ0n) is 10.8. The van der Waals surface area contributed by atoms with Gasteiger partial charge in [0.25, 0.3) is 0 Å². The Bertz CT molecular complexity index is 349. The van der Waals surface area contributed by atoms with Crippen LogP contribution in [0.25, 0.3) is 0 Å². The molecule has 1 rings (SSSR count). The lowest BCUT2D eigenvalue weighted by molar-refractivity contribution is -0.143. The van der Waals surface area contributed by atoms with Crippen molar-refractivity contribution in [2.45, 2.75) is 39.8 Å². The summed E-state index contributed by atoms with van der Waals surface area (Å²) < 4.78 is 6.74. The Morgan fingerprint density at radius 3 is 2.94 bits per heavy atom. The molecule has 1 aromatic rings. The number of ether oxygens (including phenoxy) is 1. The fourth-order valence-electron chi connectivity index (χ4n) is 1.52. The summed E-state index contributed by atoms with van der Waals surface area (Å²) in [7, 11) is 0. The number of rotatable bonds is 7. The van der Waals surface area contributed by atoms with Gasteiger partial charge in [-0.25, -0.2) is 0 Å². The average molecular weight is 239 g/mol. The molecule has 5 nitrogen and oxygen atoms in total. The Balaban J connectivity index is 2.29. The minimum Gasteiger partial charge on any atom is -0.466 e. The molecule has 0 aliphatic carbocycles. The minimum atomic E-state index is -0.156. The van der Waals surface area contributed by atoms with Crippen molar-refractivity contribution in [3.8, 4) is 0 Å². The number of carbonyl (C=O) groups excluding carboxylic acids is 1. The Morgan fingerprint density at radius 1 is 1.59 bits per heavy atom. The highest BCUT2D eigenvalue weighted by molar-refractivity contribution is 5.69. The van der Waals surface area contributed by atoms with Gasteiger partial charge in [-0.2, -0.15) is 5.10 Å². The van der Waals surface area contributed by atoms with E-state index in [0.29, 0.717) is 19.6 Å². The molecule has 1 atom stereocenters. The van der Waals surface area contributed by atoms with Crippen molar-refractivity contribution >= 4 is 5.97 Å². The van der Waals surface area contributed by atoms with Gasteiger partial charge in [-0.3, -0.25) is 9.48 Å². The van der Waals surface area contributed by atoms with E-state index in [1.807, 2.05) is 24.0 Å². The van der Waals surface area contributed by atoms with Gasteiger partial charge >= 0.3 is 5.97 Å². The van der Waals surface area contributed by atoms with Crippen molar-refractivity contribution in [1.29, 1.82) is 0 Å². The molecule has 17 heavy (non-hydrogen) atoms. The summed E-state index contributed by atoms with van der Waals surface area (Å²) in [6, 6.07) is 0.199. The zero-order chi connectivity index (χ0) is 12.7. The summed E-state index contributed by atoms with van der Waals surface area (Å²) in [5.41, 5.74) is 1.13. The highest BCUT2D eigenvalue weighted by Crippen LogP contribution is 2.10. The summed E-state index contributed by atoms with van der Waals surface area (Å²) in [5.74, 6) is -0.156. The maximum atomic E-state index is 11.1. The second kappa shape index (κ2) is 7.06. The molecular weight excluding hydrogens is 218 g/mol. The van der Waals surface area contributed by atoms with Crippen LogP contribution in [0.5, 0.6) is 0 Å². The highest BCUT2D eigenvalue weighted by atomic mass is 16.5. The molecule has 0 aromatic carbocycles. The standard InChI is InChI=1S/C12H21N3O2/c1-4-15-9-11(8-14-15)10(3)13-7-6-12(16)17-5-2/h8-10,13H,4-7H2,1-3H3. The van der Waals surface area contributed by atoms with Crippen molar-refractivity contribution < 1.29 is 9.53 Å². The monoisotopic (exact) mass is 239 g/mol. The van der Waals surface area contributed by atoms with Crippen molar-refractivity contribution in [1.82, 2.24) is 15.1 Å². The number of esters is 1. The van der Waals surface area contributed by atoms with Gasteiger partial charge in [0.1, 0.15) is 0 Å². The lowest BCUT2D eigenvalue weighted by Gasteiger charge is -2.11. The molecule has 0 fully saturated rings. The van der Waals surface area contributed by atoms with E-state index in [0.717, 1.165) is 12.1 Å². The van der Waals surface area contributed by atoms with Crippen LogP contribution in [0, 0.1) is 0 Å². The van der Waals surface area contributed by atoms with Crippen molar-refractivity contribution in [2.24, 2.45) is 0 Å². The van der Waals surface area contributed by atoms with E-state index in [2.05, 4.69) is 24.3 Å². The number of nitrogens with one attached hydrogen (secondary N) is 1. The maximum Gasteiger partial charge on any atom is 0.307 e. The Hall–Kier alpha value is -1.36. The predicted octanol–water partition coefficient (Wildman–Crippen LogP) is 1.51. The molecule has 1 aromatic heterocycles. The third-order valence-corrected chi connectivity index (χ3v) is 2.56. The second-order valence-electron chi connectivity index (χ2n) is 3.86. The van der Waals surface area contributed by atoms with Gasteiger partial charge in [-0.1, -0.05) is 0 Å². The van der Waals surface area contributed by atoms with E-state index in [1.54, 1.807) is 0 Å². The maximum absolute atomic E-state index is 11.1. The van der Waals surface area contributed by atoms with Gasteiger partial charge in [-0.15, -0.1) is 0 Å². The van der Waals surface area contributed by atoms with Crippen molar-refractivity contribution in [3.05, 3.63) is 18.0 Å². The molecule has 0 spiro atoms.